The quantitative estimate of drug-likeness (QED) is 0.297. The molecule has 3 heterocycles. The minimum absolute atomic E-state index is 0.201. The highest BCUT2D eigenvalue weighted by atomic mass is 19.1. The molecule has 0 unspecified atom stereocenters. The average Bonchev–Trinajstić information content (AvgIpc) is 3.47. The molecule has 0 saturated heterocycles. The molecule has 2 amide bonds. The molecule has 0 atom stereocenters. The number of nitrogens with zero attached hydrogens (tertiary/aromatic N) is 2. The van der Waals surface area contributed by atoms with Gasteiger partial charge in [-0.2, -0.15) is 10.2 Å². The zero-order valence-electron chi connectivity index (χ0n) is 19.4. The van der Waals surface area contributed by atoms with E-state index in [1.807, 2.05) is 13.8 Å². The Kier molecular flexibility index (Phi) is 10.4. The average molecular weight is 469 g/mol. The van der Waals surface area contributed by atoms with Gasteiger partial charge in [-0.25, -0.2) is 9.82 Å². The third kappa shape index (κ3) is 6.48. The second kappa shape index (κ2) is 13.5. The van der Waals surface area contributed by atoms with Gasteiger partial charge in [-0.15, -0.1) is 6.58 Å². The standard InChI is InChI=1S/C19H18N6O3.C3H5F.C2H6/c1-2-4-28-5-3-16(26)23-12-6-13-17-14(10-22-25-19(13)27)18(24-15(17)7-12)11-8-20-21-9-11;1-2-3-4;1-2/h2,6-10,24H,1,3-5H2,(H,20,21)(H,23,26)(H,25,27);2-3H,1H3;1-2H3/b;3-2+;. The van der Waals surface area contributed by atoms with E-state index in [1.54, 1.807) is 43.7 Å². The summed E-state index contributed by atoms with van der Waals surface area (Å²) in [7, 11) is 0. The van der Waals surface area contributed by atoms with Gasteiger partial charge in [0.15, 0.2) is 0 Å². The van der Waals surface area contributed by atoms with Gasteiger partial charge in [0, 0.05) is 33.9 Å². The number of halogens is 1. The Hall–Kier alpha value is -4.05. The van der Waals surface area contributed by atoms with Crippen molar-refractivity contribution >= 4 is 34.6 Å². The third-order valence-corrected chi connectivity index (χ3v) is 4.45. The number of H-pyrrole nitrogens is 2. The number of allylic oxidation sites excluding steroid dienone is 1. The fraction of sp³-hybridized carbons (Fsp3) is 0.250. The highest BCUT2D eigenvalue weighted by Crippen LogP contribution is 2.34. The van der Waals surface area contributed by atoms with E-state index in [-0.39, 0.29) is 18.2 Å². The molecule has 1 aliphatic heterocycles. The van der Waals surface area contributed by atoms with Crippen LogP contribution < -0.4 is 10.7 Å². The molecule has 9 nitrogen and oxygen atoms in total. The van der Waals surface area contributed by atoms with Crippen LogP contribution in [0.4, 0.5) is 10.1 Å². The van der Waals surface area contributed by atoms with Crippen LogP contribution in [0.1, 0.15) is 43.1 Å². The van der Waals surface area contributed by atoms with Crippen LogP contribution in [0.15, 0.2) is 54.7 Å². The van der Waals surface area contributed by atoms with Gasteiger partial charge in [-0.1, -0.05) is 26.0 Å². The molecule has 0 bridgehead atoms. The number of benzene rings is 1. The molecule has 10 heteroatoms. The van der Waals surface area contributed by atoms with Crippen molar-refractivity contribution in [2.45, 2.75) is 27.2 Å². The predicted octanol–water partition coefficient (Wildman–Crippen LogP) is 4.68. The molecule has 0 radical (unpaired) electrons. The van der Waals surface area contributed by atoms with Crippen LogP contribution >= 0.6 is 0 Å². The lowest BCUT2D eigenvalue weighted by Crippen LogP contribution is -2.18. The number of hydrazone groups is 1. The van der Waals surface area contributed by atoms with Gasteiger partial charge in [-0.05, 0) is 19.1 Å². The second-order valence-corrected chi connectivity index (χ2v) is 6.67. The Balaban J connectivity index is 0.000000618. The summed E-state index contributed by atoms with van der Waals surface area (Å²) < 4.78 is 15.8. The highest BCUT2D eigenvalue weighted by molar-refractivity contribution is 6.18. The maximum atomic E-state index is 12.5. The molecular formula is C24H29FN6O3. The monoisotopic (exact) mass is 468 g/mol. The molecule has 0 fully saturated rings. The van der Waals surface area contributed by atoms with Gasteiger partial charge in [0.25, 0.3) is 5.91 Å². The molecule has 0 spiro atoms. The van der Waals surface area contributed by atoms with Crippen molar-refractivity contribution in [1.29, 1.82) is 0 Å². The summed E-state index contributed by atoms with van der Waals surface area (Å²) in [6, 6.07) is 3.44. The SMILES string of the molecule is C/C=C/F.C=CCOCCC(=O)Nc1cc2c3c(c(-c4cn[nH]c4)[nH]c3c1)C=NNC2=O.CC. The molecule has 3 aromatic rings. The van der Waals surface area contributed by atoms with Crippen molar-refractivity contribution in [3.8, 4) is 11.3 Å². The highest BCUT2D eigenvalue weighted by Gasteiger charge is 2.22. The Morgan fingerprint density at radius 1 is 1.32 bits per heavy atom. The summed E-state index contributed by atoms with van der Waals surface area (Å²) in [5.74, 6) is -0.550. The summed E-state index contributed by atoms with van der Waals surface area (Å²) in [5, 5.41) is 14.3. The molecule has 1 aromatic carbocycles. The number of hydrogen-bond donors (Lipinski definition) is 4. The van der Waals surface area contributed by atoms with Crippen LogP contribution in [0, 0.1) is 0 Å². The van der Waals surface area contributed by atoms with Crippen molar-refractivity contribution in [2.75, 3.05) is 18.5 Å². The number of rotatable bonds is 7. The van der Waals surface area contributed by atoms with Crippen LogP contribution in [0.2, 0.25) is 0 Å². The first kappa shape index (κ1) is 26.2. The minimum Gasteiger partial charge on any atom is -0.377 e. The fourth-order valence-corrected chi connectivity index (χ4v) is 3.12. The van der Waals surface area contributed by atoms with E-state index in [0.717, 1.165) is 22.2 Å². The molecule has 1 aliphatic rings. The summed E-state index contributed by atoms with van der Waals surface area (Å²) in [4.78, 5) is 27.9. The molecule has 4 rings (SSSR count). The lowest BCUT2D eigenvalue weighted by Gasteiger charge is -2.08. The van der Waals surface area contributed by atoms with Crippen molar-refractivity contribution in [3.05, 3.63) is 60.7 Å². The Morgan fingerprint density at radius 2 is 2.09 bits per heavy atom. The first-order valence-electron chi connectivity index (χ1n) is 10.8. The second-order valence-electron chi connectivity index (χ2n) is 6.67. The Labute approximate surface area is 197 Å². The molecule has 2 aromatic heterocycles. The minimum atomic E-state index is -0.344. The first-order chi connectivity index (χ1) is 16.6. The van der Waals surface area contributed by atoms with Gasteiger partial charge < -0.3 is 15.0 Å². The van der Waals surface area contributed by atoms with Crippen LogP contribution in [-0.4, -0.2) is 46.4 Å². The Bertz CT molecular complexity index is 1160. The van der Waals surface area contributed by atoms with E-state index in [0.29, 0.717) is 36.3 Å². The summed E-state index contributed by atoms with van der Waals surface area (Å²) >= 11 is 0. The lowest BCUT2D eigenvalue weighted by atomic mass is 10.0. The number of aromatic nitrogens is 3. The molecule has 0 aliphatic carbocycles. The zero-order chi connectivity index (χ0) is 24.9. The smallest absolute Gasteiger partial charge is 0.272 e. The molecule has 4 N–H and O–H groups in total. The number of amides is 2. The summed E-state index contributed by atoms with van der Waals surface area (Å²) in [6.07, 6.45) is 8.69. The largest absolute Gasteiger partial charge is 0.377 e. The maximum absolute atomic E-state index is 12.5. The number of ether oxygens (including phenoxy) is 1. The number of carbonyl (C=O) groups is 2. The number of aromatic amines is 2. The van der Waals surface area contributed by atoms with Crippen molar-refractivity contribution in [1.82, 2.24) is 20.6 Å². The van der Waals surface area contributed by atoms with E-state index < -0.39 is 0 Å². The third-order valence-electron chi connectivity index (χ3n) is 4.45. The van der Waals surface area contributed by atoms with Crippen molar-refractivity contribution < 1.29 is 18.7 Å². The molecular weight excluding hydrogens is 439 g/mol. The number of hydrogen-bond acceptors (Lipinski definition) is 5. The summed E-state index contributed by atoms with van der Waals surface area (Å²) in [5.41, 5.74) is 6.54. The topological polar surface area (TPSA) is 124 Å². The van der Waals surface area contributed by atoms with E-state index in [9.17, 15) is 14.0 Å². The molecule has 0 saturated carbocycles. The molecule has 180 valence electrons. The van der Waals surface area contributed by atoms with Crippen LogP contribution in [0.5, 0.6) is 0 Å². The van der Waals surface area contributed by atoms with E-state index in [4.69, 9.17) is 4.74 Å². The number of anilines is 1. The van der Waals surface area contributed by atoms with Crippen LogP contribution in [0.3, 0.4) is 0 Å². The Morgan fingerprint density at radius 3 is 2.74 bits per heavy atom. The predicted molar refractivity (Wildman–Crippen MR) is 132 cm³/mol. The van der Waals surface area contributed by atoms with Gasteiger partial charge in [0.2, 0.25) is 5.91 Å². The van der Waals surface area contributed by atoms with Gasteiger partial charge in [0.1, 0.15) is 0 Å². The normalized spacial score (nSPS) is 11.7. The van der Waals surface area contributed by atoms with E-state index in [2.05, 4.69) is 37.6 Å². The van der Waals surface area contributed by atoms with Crippen LogP contribution in [-0.2, 0) is 9.53 Å². The van der Waals surface area contributed by atoms with Crippen LogP contribution in [0.25, 0.3) is 22.2 Å². The zero-order valence-corrected chi connectivity index (χ0v) is 19.4. The number of nitrogens with one attached hydrogen (secondary N) is 4. The lowest BCUT2D eigenvalue weighted by molar-refractivity contribution is -0.117. The van der Waals surface area contributed by atoms with Crippen molar-refractivity contribution in [3.63, 3.8) is 0 Å². The summed E-state index contributed by atoms with van der Waals surface area (Å²) in [6.45, 7) is 9.87. The molecule has 34 heavy (non-hydrogen) atoms. The number of carbonyl (C=O) groups excluding carboxylic acids is 2. The van der Waals surface area contributed by atoms with Gasteiger partial charge in [-0.3, -0.25) is 14.7 Å². The fourth-order valence-electron chi connectivity index (χ4n) is 3.12. The first-order valence-corrected chi connectivity index (χ1v) is 10.8. The van der Waals surface area contributed by atoms with Gasteiger partial charge in [0.05, 0.1) is 49.6 Å². The van der Waals surface area contributed by atoms with Crippen molar-refractivity contribution in [2.24, 2.45) is 5.10 Å². The van der Waals surface area contributed by atoms with E-state index >= 15 is 0 Å². The van der Waals surface area contributed by atoms with Gasteiger partial charge >= 0.3 is 0 Å². The maximum Gasteiger partial charge on any atom is 0.272 e. The van der Waals surface area contributed by atoms with E-state index in [1.165, 1.54) is 6.08 Å².